The zero-order chi connectivity index (χ0) is 28.8. The number of aliphatic hydroxyl groups is 6. The number of aldehydes is 1. The van der Waals surface area contributed by atoms with E-state index in [9.17, 15) is 40.2 Å². The van der Waals surface area contributed by atoms with Gasteiger partial charge >= 0.3 is 5.97 Å². The molecular weight excluding hydrogens is 524 g/mol. The number of hydrogen-bond acceptors (Lipinski definition) is 11. The Morgan fingerprint density at radius 1 is 1.00 bits per heavy atom. The number of carbonyl (C=O) groups excluding carboxylic acids is 2. The smallest absolute Gasteiger partial charge is 0.331 e. The molecule has 0 aromatic rings. The largest absolute Gasteiger partial charge is 0.458 e. The first kappa shape index (κ1) is 28.7. The maximum Gasteiger partial charge on any atom is 0.331 e. The molecule has 0 aromatic heterocycles. The third-order valence-corrected chi connectivity index (χ3v) is 12.1. The fourth-order valence-corrected chi connectivity index (χ4v) is 9.74. The Hall–Kier alpha value is -1.44. The lowest BCUT2D eigenvalue weighted by atomic mass is 9.41. The molecule has 0 amide bonds. The van der Waals surface area contributed by atoms with E-state index in [0.717, 1.165) is 11.9 Å². The monoisotopic (exact) mass is 566 g/mol. The number of fused-ring (bicyclic) bond motifs is 5. The van der Waals surface area contributed by atoms with Gasteiger partial charge in [-0.25, -0.2) is 4.79 Å². The summed E-state index contributed by atoms with van der Waals surface area (Å²) in [6.07, 6.45) is -2.70. The average molecular weight is 567 g/mol. The van der Waals surface area contributed by atoms with E-state index in [1.54, 1.807) is 6.92 Å². The summed E-state index contributed by atoms with van der Waals surface area (Å²) in [6.45, 7) is 3.61. The lowest BCUT2D eigenvalue weighted by Crippen LogP contribution is -2.71. The van der Waals surface area contributed by atoms with Gasteiger partial charge in [-0.05, 0) is 75.2 Å². The summed E-state index contributed by atoms with van der Waals surface area (Å²) in [7, 11) is 0. The van der Waals surface area contributed by atoms with Crippen molar-refractivity contribution in [2.24, 2.45) is 28.6 Å². The summed E-state index contributed by atoms with van der Waals surface area (Å²) >= 11 is 0. The molecule has 4 aliphatic carbocycles. The zero-order valence-corrected chi connectivity index (χ0v) is 23.0. The predicted molar refractivity (Wildman–Crippen MR) is 136 cm³/mol. The molecule has 0 radical (unpaired) electrons. The summed E-state index contributed by atoms with van der Waals surface area (Å²) in [4.78, 5) is 24.8. The van der Waals surface area contributed by atoms with Crippen molar-refractivity contribution in [3.05, 3.63) is 11.6 Å². The number of ether oxygens (including phenoxy) is 3. The molecule has 0 bridgehead atoms. The van der Waals surface area contributed by atoms with E-state index in [1.165, 1.54) is 6.08 Å². The van der Waals surface area contributed by atoms with Crippen molar-refractivity contribution in [1.82, 2.24) is 0 Å². The van der Waals surface area contributed by atoms with Gasteiger partial charge in [0.1, 0.15) is 31.2 Å². The Bertz CT molecular complexity index is 1080. The first-order valence-corrected chi connectivity index (χ1v) is 14.6. The van der Waals surface area contributed by atoms with Gasteiger partial charge in [0.25, 0.3) is 0 Å². The lowest BCUT2D eigenvalue weighted by molar-refractivity contribution is -0.319. The van der Waals surface area contributed by atoms with Gasteiger partial charge in [-0.1, -0.05) is 6.92 Å². The summed E-state index contributed by atoms with van der Waals surface area (Å²) in [6, 6.07) is 0. The van der Waals surface area contributed by atoms with Crippen LogP contribution in [0.25, 0.3) is 0 Å². The highest BCUT2D eigenvalue weighted by atomic mass is 16.7. The maximum absolute atomic E-state index is 13.0. The number of rotatable bonds is 4. The molecule has 224 valence electrons. The fourth-order valence-electron chi connectivity index (χ4n) is 9.74. The van der Waals surface area contributed by atoms with Crippen LogP contribution in [-0.4, -0.2) is 104 Å². The molecule has 0 unspecified atom stereocenters. The summed E-state index contributed by atoms with van der Waals surface area (Å²) in [5.41, 5.74) is -4.09. The van der Waals surface area contributed by atoms with Gasteiger partial charge in [0.15, 0.2) is 6.29 Å². The van der Waals surface area contributed by atoms with Gasteiger partial charge < -0.3 is 49.6 Å². The van der Waals surface area contributed by atoms with Crippen LogP contribution in [0, 0.1) is 28.6 Å². The van der Waals surface area contributed by atoms with Crippen molar-refractivity contribution in [3.8, 4) is 0 Å². The Balaban J connectivity index is 1.25. The minimum atomic E-state index is -1.47. The second-order valence-electron chi connectivity index (χ2n) is 13.5. The average Bonchev–Trinajstić information content (AvgIpc) is 3.46. The molecule has 2 aliphatic heterocycles. The molecule has 2 heterocycles. The zero-order valence-electron chi connectivity index (χ0n) is 23.0. The topological polar surface area (TPSA) is 183 Å². The fraction of sp³-hybridized carbons (Fsp3) is 0.862. The molecule has 11 nitrogen and oxygen atoms in total. The normalized spacial score (nSPS) is 56.0. The second-order valence-corrected chi connectivity index (χ2v) is 13.5. The first-order chi connectivity index (χ1) is 18.8. The van der Waals surface area contributed by atoms with E-state index < -0.39 is 76.8 Å². The van der Waals surface area contributed by atoms with Gasteiger partial charge in [-0.2, -0.15) is 0 Å². The van der Waals surface area contributed by atoms with E-state index in [4.69, 9.17) is 14.2 Å². The summed E-state index contributed by atoms with van der Waals surface area (Å²) in [5.74, 6) is -1.42. The molecule has 0 aromatic carbocycles. The molecule has 11 heteroatoms. The van der Waals surface area contributed by atoms with Crippen LogP contribution >= 0.6 is 0 Å². The SMILES string of the molecule is C[C@@H]1O[C@@H](O[C@H]2CC[C@]3(C=O)[C@@H]4C[C@@H](O)[C@]5(C)[C@H](C6=CC(=O)OC6)CC[C@]5(O)[C@H]4CC[C@]3(O)C2)[C@H](O)[C@H](O)[C@H]1O. The highest BCUT2D eigenvalue weighted by Gasteiger charge is 2.74. The van der Waals surface area contributed by atoms with Crippen LogP contribution in [0.2, 0.25) is 0 Å². The highest BCUT2D eigenvalue weighted by Crippen LogP contribution is 2.70. The second kappa shape index (κ2) is 9.54. The minimum absolute atomic E-state index is 0.0926. The van der Waals surface area contributed by atoms with Crippen molar-refractivity contribution < 1.29 is 54.4 Å². The van der Waals surface area contributed by atoms with Crippen LogP contribution in [-0.2, 0) is 23.8 Å². The van der Waals surface area contributed by atoms with Gasteiger partial charge in [0.05, 0.1) is 34.9 Å². The van der Waals surface area contributed by atoms with Crippen molar-refractivity contribution in [2.45, 2.75) is 119 Å². The highest BCUT2D eigenvalue weighted by molar-refractivity contribution is 5.85. The van der Waals surface area contributed by atoms with E-state index in [2.05, 4.69) is 0 Å². The van der Waals surface area contributed by atoms with Gasteiger partial charge in [-0.15, -0.1) is 0 Å². The molecule has 4 saturated carbocycles. The van der Waals surface area contributed by atoms with Crippen LogP contribution in [0.3, 0.4) is 0 Å². The van der Waals surface area contributed by atoms with Crippen LogP contribution in [0.1, 0.15) is 65.2 Å². The lowest BCUT2D eigenvalue weighted by Gasteiger charge is -2.66. The standard InChI is InChI=1S/C29H42O11/c1-14-22(33)23(34)24(35)25(39-14)40-16-3-6-27(13-30)19-10-20(31)26(2)17(15-9-21(32)38-12-15)5-8-29(26,37)18(19)4-7-28(27,36)11-16/h9,13-14,16-20,22-25,31,33-37H,3-8,10-12H2,1-2H3/t14-,16-,17-,18-,19+,20+,22-,23+,24+,25-,26-,27-,28-,29-/m0/s1. The quantitative estimate of drug-likeness (QED) is 0.149. The molecule has 1 saturated heterocycles. The van der Waals surface area contributed by atoms with Crippen LogP contribution in [0.5, 0.6) is 0 Å². The molecule has 6 N–H and O–H groups in total. The first-order valence-electron chi connectivity index (χ1n) is 14.6. The van der Waals surface area contributed by atoms with E-state index in [0.29, 0.717) is 25.7 Å². The van der Waals surface area contributed by atoms with E-state index in [1.807, 2.05) is 6.92 Å². The number of esters is 1. The molecule has 40 heavy (non-hydrogen) atoms. The van der Waals surface area contributed by atoms with E-state index in [-0.39, 0.29) is 44.1 Å². The molecule has 5 fully saturated rings. The van der Waals surface area contributed by atoms with Gasteiger partial charge in [0.2, 0.25) is 0 Å². The van der Waals surface area contributed by atoms with Crippen LogP contribution in [0.4, 0.5) is 0 Å². The Labute approximate surface area is 233 Å². The summed E-state index contributed by atoms with van der Waals surface area (Å²) in [5, 5.41) is 66.7. The van der Waals surface area contributed by atoms with Crippen LogP contribution in [0.15, 0.2) is 11.6 Å². The predicted octanol–water partition coefficient (Wildman–Crippen LogP) is -0.279. The van der Waals surface area contributed by atoms with Crippen LogP contribution < -0.4 is 0 Å². The van der Waals surface area contributed by atoms with Gasteiger partial charge in [0, 0.05) is 17.9 Å². The molecule has 0 spiro atoms. The molecule has 6 rings (SSSR count). The Morgan fingerprint density at radius 2 is 1.75 bits per heavy atom. The molecular formula is C29H42O11. The molecule has 14 atom stereocenters. The number of carbonyl (C=O) groups is 2. The van der Waals surface area contributed by atoms with E-state index >= 15 is 0 Å². The Morgan fingerprint density at radius 3 is 2.42 bits per heavy atom. The maximum atomic E-state index is 13.0. The number of hydrogen-bond donors (Lipinski definition) is 6. The number of cyclic esters (lactones) is 1. The van der Waals surface area contributed by atoms with Crippen molar-refractivity contribution in [3.63, 3.8) is 0 Å². The minimum Gasteiger partial charge on any atom is -0.458 e. The van der Waals surface area contributed by atoms with Crippen molar-refractivity contribution in [2.75, 3.05) is 6.61 Å². The van der Waals surface area contributed by atoms with Crippen molar-refractivity contribution >= 4 is 12.3 Å². The summed E-state index contributed by atoms with van der Waals surface area (Å²) < 4.78 is 16.8. The number of aliphatic hydroxyl groups excluding tert-OH is 4. The third kappa shape index (κ3) is 3.71. The van der Waals surface area contributed by atoms with Crippen molar-refractivity contribution in [1.29, 1.82) is 0 Å². The third-order valence-electron chi connectivity index (χ3n) is 12.1. The Kier molecular flexibility index (Phi) is 6.83. The van der Waals surface area contributed by atoms with Gasteiger partial charge in [-0.3, -0.25) is 0 Å². The molecule has 6 aliphatic rings.